The van der Waals surface area contributed by atoms with Crippen LogP contribution in [0.2, 0.25) is 0 Å². The summed E-state index contributed by atoms with van der Waals surface area (Å²) in [6.45, 7) is 15.5. The van der Waals surface area contributed by atoms with E-state index in [1.54, 1.807) is 0 Å². The first-order valence-electron chi connectivity index (χ1n) is 12.1. The Bertz CT molecular complexity index is 582. The minimum Gasteiger partial charge on any atom is -0.381 e. The molecular formula is C25H47N3O2. The predicted octanol–water partition coefficient (Wildman–Crippen LogP) is 6.40. The second kappa shape index (κ2) is 14.0. The second-order valence-corrected chi connectivity index (χ2v) is 10.9. The fourth-order valence-corrected chi connectivity index (χ4v) is 3.22. The lowest BCUT2D eigenvalue weighted by atomic mass is 9.88. The number of rotatable bonds is 16. The van der Waals surface area contributed by atoms with Gasteiger partial charge in [0.1, 0.15) is 5.78 Å². The second-order valence-electron chi connectivity index (χ2n) is 10.9. The average molecular weight is 422 g/mol. The summed E-state index contributed by atoms with van der Waals surface area (Å²) in [5, 5.41) is 8.54. The molecule has 0 aromatic carbocycles. The molecule has 0 N–H and O–H groups in total. The average Bonchev–Trinajstić information content (AvgIpc) is 3.10. The number of unbranched alkanes of at least 4 members (excludes halogenated alkanes) is 6. The standard InChI is InChI=1S/C25H47N3O2/c1-24(2,3)17-16-22-21-28(27-26-22)18-12-8-10-14-20-30-19-13-9-7-11-15-23(29)25(4,5)6/h21H,7-20H2,1-6H3. The number of ether oxygens (including phenoxy) is 1. The van der Waals surface area contributed by atoms with Crippen molar-refractivity contribution >= 4 is 5.78 Å². The molecule has 0 amide bonds. The Morgan fingerprint density at radius 2 is 1.50 bits per heavy atom. The van der Waals surface area contributed by atoms with Gasteiger partial charge in [-0.05, 0) is 43.9 Å². The molecule has 5 heteroatoms. The van der Waals surface area contributed by atoms with E-state index < -0.39 is 0 Å². The number of carbonyl (C=O) groups excluding carboxylic acids is 1. The van der Waals surface area contributed by atoms with E-state index in [0.29, 0.717) is 11.2 Å². The normalized spacial score (nSPS) is 12.5. The molecule has 5 nitrogen and oxygen atoms in total. The summed E-state index contributed by atoms with van der Waals surface area (Å²) >= 11 is 0. The fourth-order valence-electron chi connectivity index (χ4n) is 3.22. The van der Waals surface area contributed by atoms with Crippen LogP contribution in [0.3, 0.4) is 0 Å². The third-order valence-electron chi connectivity index (χ3n) is 5.42. The van der Waals surface area contributed by atoms with Gasteiger partial charge in [-0.1, -0.05) is 72.4 Å². The van der Waals surface area contributed by atoms with Gasteiger partial charge in [0.25, 0.3) is 0 Å². The molecule has 0 bridgehead atoms. The number of Topliss-reactive ketones (excluding diaryl/α,β-unsaturated/α-hetero) is 1. The lowest BCUT2D eigenvalue weighted by molar-refractivity contribution is -0.126. The van der Waals surface area contributed by atoms with E-state index in [9.17, 15) is 4.79 Å². The van der Waals surface area contributed by atoms with Crippen LogP contribution in [0.25, 0.3) is 0 Å². The van der Waals surface area contributed by atoms with Crippen molar-refractivity contribution in [2.24, 2.45) is 10.8 Å². The summed E-state index contributed by atoms with van der Waals surface area (Å²) in [6, 6.07) is 0. The highest BCUT2D eigenvalue weighted by atomic mass is 16.5. The van der Waals surface area contributed by atoms with Crippen molar-refractivity contribution in [3.63, 3.8) is 0 Å². The van der Waals surface area contributed by atoms with Gasteiger partial charge in [0, 0.05) is 37.8 Å². The summed E-state index contributed by atoms with van der Waals surface area (Å²) in [5.41, 5.74) is 1.27. The highest BCUT2D eigenvalue weighted by molar-refractivity contribution is 5.83. The van der Waals surface area contributed by atoms with Crippen LogP contribution in [0.1, 0.15) is 111 Å². The molecule has 1 aromatic rings. The third kappa shape index (κ3) is 13.9. The first-order chi connectivity index (χ1) is 14.1. The molecule has 0 spiro atoms. The highest BCUT2D eigenvalue weighted by Gasteiger charge is 2.19. The van der Waals surface area contributed by atoms with Crippen molar-refractivity contribution in [2.45, 2.75) is 119 Å². The zero-order valence-electron chi connectivity index (χ0n) is 20.6. The van der Waals surface area contributed by atoms with Gasteiger partial charge < -0.3 is 4.74 Å². The SMILES string of the molecule is CC(C)(C)CCc1cn(CCCCCCOCCCCCCC(=O)C(C)(C)C)nn1. The summed E-state index contributed by atoms with van der Waals surface area (Å²) in [6.07, 6.45) is 14.1. The van der Waals surface area contributed by atoms with Crippen LogP contribution in [0.5, 0.6) is 0 Å². The highest BCUT2D eigenvalue weighted by Crippen LogP contribution is 2.20. The van der Waals surface area contributed by atoms with Crippen LogP contribution >= 0.6 is 0 Å². The summed E-state index contributed by atoms with van der Waals surface area (Å²) in [5.74, 6) is 0.378. The van der Waals surface area contributed by atoms with Crippen LogP contribution in [0, 0.1) is 10.8 Å². The van der Waals surface area contributed by atoms with Crippen LogP contribution in [0.4, 0.5) is 0 Å². The van der Waals surface area contributed by atoms with Gasteiger partial charge in [0.2, 0.25) is 0 Å². The minimum absolute atomic E-state index is 0.187. The van der Waals surface area contributed by atoms with Crippen molar-refractivity contribution in [3.05, 3.63) is 11.9 Å². The molecule has 1 rings (SSSR count). The van der Waals surface area contributed by atoms with Crippen LogP contribution < -0.4 is 0 Å². The molecule has 1 aromatic heterocycles. The van der Waals surface area contributed by atoms with Crippen molar-refractivity contribution < 1.29 is 9.53 Å². The van der Waals surface area contributed by atoms with E-state index in [2.05, 4.69) is 37.3 Å². The van der Waals surface area contributed by atoms with Gasteiger partial charge in [-0.25, -0.2) is 0 Å². The Labute approximate surface area is 185 Å². The molecule has 30 heavy (non-hydrogen) atoms. The molecule has 0 saturated carbocycles. The summed E-state index contributed by atoms with van der Waals surface area (Å²) < 4.78 is 7.73. The molecule has 0 saturated heterocycles. The smallest absolute Gasteiger partial charge is 0.138 e. The van der Waals surface area contributed by atoms with Crippen molar-refractivity contribution in [1.29, 1.82) is 0 Å². The largest absolute Gasteiger partial charge is 0.381 e. The minimum atomic E-state index is -0.187. The first-order valence-corrected chi connectivity index (χ1v) is 12.1. The van der Waals surface area contributed by atoms with Gasteiger partial charge in [-0.2, -0.15) is 0 Å². The van der Waals surface area contributed by atoms with Gasteiger partial charge in [0.05, 0.1) is 5.69 Å². The van der Waals surface area contributed by atoms with Crippen molar-refractivity contribution in [2.75, 3.05) is 13.2 Å². The summed E-state index contributed by atoms with van der Waals surface area (Å²) in [7, 11) is 0. The molecular weight excluding hydrogens is 374 g/mol. The number of ketones is 1. The molecule has 0 aliphatic carbocycles. The predicted molar refractivity (Wildman–Crippen MR) is 125 cm³/mol. The van der Waals surface area contributed by atoms with E-state index in [1.165, 1.54) is 12.8 Å². The molecule has 0 fully saturated rings. The van der Waals surface area contributed by atoms with Crippen molar-refractivity contribution in [1.82, 2.24) is 15.0 Å². The van der Waals surface area contributed by atoms with Crippen LogP contribution in [-0.4, -0.2) is 34.0 Å². The van der Waals surface area contributed by atoms with Gasteiger partial charge in [-0.15, -0.1) is 5.10 Å². The monoisotopic (exact) mass is 421 g/mol. The number of carbonyl (C=O) groups is 1. The van der Waals surface area contributed by atoms with Crippen LogP contribution in [-0.2, 0) is 22.5 Å². The number of aromatic nitrogens is 3. The fraction of sp³-hybridized carbons (Fsp3) is 0.880. The molecule has 0 atom stereocenters. The van der Waals surface area contributed by atoms with Crippen molar-refractivity contribution in [3.8, 4) is 0 Å². The maximum Gasteiger partial charge on any atom is 0.138 e. The molecule has 0 aliphatic rings. The van der Waals surface area contributed by atoms with Gasteiger partial charge in [0.15, 0.2) is 0 Å². The lowest BCUT2D eigenvalue weighted by Gasteiger charge is -2.16. The number of hydrogen-bond acceptors (Lipinski definition) is 4. The molecule has 174 valence electrons. The van der Waals surface area contributed by atoms with Gasteiger partial charge in [-0.3, -0.25) is 9.48 Å². The molecule has 1 heterocycles. The summed E-state index contributed by atoms with van der Waals surface area (Å²) in [4.78, 5) is 11.9. The third-order valence-corrected chi connectivity index (χ3v) is 5.42. The quantitative estimate of drug-likeness (QED) is 0.290. The number of aryl methyl sites for hydroxylation is 2. The number of nitrogens with zero attached hydrogens (tertiary/aromatic N) is 3. The Morgan fingerprint density at radius 3 is 2.10 bits per heavy atom. The van der Waals surface area contributed by atoms with E-state index in [0.717, 1.165) is 83.2 Å². The first kappa shape index (κ1) is 26.8. The van der Waals surface area contributed by atoms with E-state index in [1.807, 2.05) is 25.5 Å². The Morgan fingerprint density at radius 1 is 0.900 bits per heavy atom. The zero-order valence-corrected chi connectivity index (χ0v) is 20.6. The molecule has 0 unspecified atom stereocenters. The Balaban J connectivity index is 1.89. The maximum absolute atomic E-state index is 11.9. The van der Waals surface area contributed by atoms with E-state index in [4.69, 9.17) is 4.74 Å². The van der Waals surface area contributed by atoms with E-state index >= 15 is 0 Å². The van der Waals surface area contributed by atoms with Crippen LogP contribution in [0.15, 0.2) is 6.20 Å². The number of hydrogen-bond donors (Lipinski definition) is 0. The maximum atomic E-state index is 11.9. The lowest BCUT2D eigenvalue weighted by Crippen LogP contribution is -2.19. The Kier molecular flexibility index (Phi) is 12.5. The Hall–Kier alpha value is -1.23. The van der Waals surface area contributed by atoms with Gasteiger partial charge >= 0.3 is 0 Å². The zero-order chi connectivity index (χ0) is 22.5. The van der Waals surface area contributed by atoms with E-state index in [-0.39, 0.29) is 5.41 Å². The topological polar surface area (TPSA) is 57.0 Å². The molecule has 0 radical (unpaired) electrons. The molecule has 0 aliphatic heterocycles.